The van der Waals surface area contributed by atoms with Gasteiger partial charge in [-0.3, -0.25) is 33.6 Å². The lowest BCUT2D eigenvalue weighted by Crippen LogP contribution is -2.39. The Morgan fingerprint density at radius 1 is 0.522 bits per heavy atom. The van der Waals surface area contributed by atoms with Crippen LogP contribution in [0.25, 0.3) is 0 Å². The molecule has 23 heteroatoms. The van der Waals surface area contributed by atoms with E-state index in [1.54, 1.807) is 71.5 Å². The maximum absolute atomic E-state index is 13.3. The second-order valence-electron chi connectivity index (χ2n) is 16.7. The van der Waals surface area contributed by atoms with Crippen molar-refractivity contribution in [3.63, 3.8) is 0 Å². The van der Waals surface area contributed by atoms with Gasteiger partial charge in [-0.05, 0) is 63.5 Å². The van der Waals surface area contributed by atoms with Crippen LogP contribution in [-0.4, -0.2) is 125 Å². The number of aliphatic hydroxyl groups excluding tert-OH is 1. The number of aliphatic hydroxyl groups is 1. The van der Waals surface area contributed by atoms with Crippen LogP contribution in [0.1, 0.15) is 86.1 Å². The molecule has 0 fully saturated rings. The normalized spacial score (nSPS) is 11.5. The molecule has 0 aliphatic rings. The van der Waals surface area contributed by atoms with Crippen LogP contribution in [0.3, 0.4) is 0 Å². The van der Waals surface area contributed by atoms with Crippen LogP contribution in [0.5, 0.6) is 0 Å². The molecule has 69 heavy (non-hydrogen) atoms. The van der Waals surface area contributed by atoms with Gasteiger partial charge in [0.2, 0.25) is 0 Å². The fourth-order valence-electron chi connectivity index (χ4n) is 7.40. The number of ketones is 1. The third-order valence-corrected chi connectivity index (χ3v) is 11.0. The molecule has 6 aromatic rings. The summed E-state index contributed by atoms with van der Waals surface area (Å²) < 4.78 is 13.8. The van der Waals surface area contributed by atoms with Crippen molar-refractivity contribution in [2.45, 2.75) is 18.9 Å². The highest BCUT2D eigenvalue weighted by Crippen LogP contribution is 2.22. The van der Waals surface area contributed by atoms with Gasteiger partial charge in [0.15, 0.2) is 5.78 Å². The lowest BCUT2D eigenvalue weighted by molar-refractivity contribution is -0.123. The van der Waals surface area contributed by atoms with Crippen molar-refractivity contribution in [1.29, 1.82) is 0 Å². The van der Waals surface area contributed by atoms with Crippen molar-refractivity contribution in [1.82, 2.24) is 37.6 Å². The smallest absolute Gasteiger partial charge is 0.354 e. The van der Waals surface area contributed by atoms with Crippen molar-refractivity contribution in [3.8, 4) is 0 Å². The minimum atomic E-state index is -1.70. The van der Waals surface area contributed by atoms with Crippen LogP contribution in [-0.2, 0) is 51.8 Å². The molecule has 1 atom stereocenters. The van der Waals surface area contributed by atoms with Crippen molar-refractivity contribution in [2.75, 3.05) is 60.9 Å². The molecule has 0 bridgehead atoms. The third kappa shape index (κ3) is 11.9. The topological polar surface area (TPSA) is 271 Å². The van der Waals surface area contributed by atoms with Crippen molar-refractivity contribution in [3.05, 3.63) is 113 Å². The molecule has 6 amide bonds. The van der Waals surface area contributed by atoms with Gasteiger partial charge in [-0.25, -0.2) is 4.79 Å². The van der Waals surface area contributed by atoms with Crippen molar-refractivity contribution >= 4 is 75.6 Å². The average molecular weight is 950 g/mol. The summed E-state index contributed by atoms with van der Waals surface area (Å²) in [6.07, 6.45) is 8.58. The number of methoxy groups -OCH3 is 1. The number of rotatable bonds is 19. The molecule has 0 unspecified atom stereocenters. The highest BCUT2D eigenvalue weighted by molar-refractivity contribution is 6.09. The summed E-state index contributed by atoms with van der Waals surface area (Å²) in [6.45, 7) is 0.288. The molecule has 364 valence electrons. The fraction of sp³-hybridized carbons (Fsp3) is 0.304. The Kier molecular flexibility index (Phi) is 15.2. The Labute approximate surface area is 396 Å². The number of esters is 1. The molecule has 23 nitrogen and oxygen atoms in total. The lowest BCUT2D eigenvalue weighted by atomic mass is 10.1. The number of ether oxygens (including phenoxy) is 1. The zero-order valence-electron chi connectivity index (χ0n) is 39.6. The van der Waals surface area contributed by atoms with E-state index in [0.29, 0.717) is 35.5 Å². The van der Waals surface area contributed by atoms with Crippen LogP contribution >= 0.6 is 0 Å². The predicted molar refractivity (Wildman–Crippen MR) is 255 cm³/mol. The second kappa shape index (κ2) is 21.0. The molecule has 0 aromatic carbocycles. The number of hydrogen-bond donors (Lipinski definition) is 7. The Hall–Kier alpha value is -8.44. The Morgan fingerprint density at radius 2 is 0.870 bits per heavy atom. The van der Waals surface area contributed by atoms with Gasteiger partial charge in [-0.15, -0.1) is 0 Å². The van der Waals surface area contributed by atoms with Gasteiger partial charge in [-0.1, -0.05) is 0 Å². The number of carbonyl (C=O) groups is 8. The molecular formula is C46H55N13O10. The third-order valence-electron chi connectivity index (χ3n) is 11.0. The van der Waals surface area contributed by atoms with E-state index in [-0.39, 0.29) is 51.3 Å². The first-order chi connectivity index (χ1) is 32.6. The van der Waals surface area contributed by atoms with E-state index in [1.807, 2.05) is 19.0 Å². The molecule has 6 heterocycles. The Bertz CT molecular complexity index is 2970. The molecular weight excluding hydrogens is 895 g/mol. The van der Waals surface area contributed by atoms with E-state index in [9.17, 15) is 43.5 Å². The molecule has 0 aliphatic heterocycles. The SMILES string of the molecule is COC(=O)c1cc(NC(=O)c2cc(NC(=O)c3cc(NC(=O)[C@H](O)CNC(=O)c4cc(NC(=O)c5cc(NC(=O)c6cc(C(=O)CCCN(C)C)cn6C)cn5C)cn4C)cn3C)cn2C)cn1C. The Morgan fingerprint density at radius 3 is 1.28 bits per heavy atom. The van der Waals surface area contributed by atoms with Gasteiger partial charge in [0, 0.05) is 91.5 Å². The first-order valence-corrected chi connectivity index (χ1v) is 21.4. The lowest BCUT2D eigenvalue weighted by Gasteiger charge is -2.12. The van der Waals surface area contributed by atoms with E-state index < -0.39 is 54.1 Å². The summed E-state index contributed by atoms with van der Waals surface area (Å²) in [5.74, 6) is -4.21. The Balaban J connectivity index is 0.978. The number of aryl methyl sites for hydroxylation is 6. The molecule has 6 rings (SSSR count). The summed E-state index contributed by atoms with van der Waals surface area (Å²) >= 11 is 0. The van der Waals surface area contributed by atoms with Crippen LogP contribution < -0.4 is 31.9 Å². The predicted octanol–water partition coefficient (Wildman–Crippen LogP) is 2.77. The molecule has 7 N–H and O–H groups in total. The highest BCUT2D eigenvalue weighted by Gasteiger charge is 2.24. The van der Waals surface area contributed by atoms with Crippen molar-refractivity contribution < 1.29 is 48.2 Å². The minimum absolute atomic E-state index is 0.0617. The summed E-state index contributed by atoms with van der Waals surface area (Å²) in [4.78, 5) is 106. The van der Waals surface area contributed by atoms with Crippen LogP contribution in [0.4, 0.5) is 28.4 Å². The number of Topliss-reactive ketones (excluding diaryl/α,β-unsaturated/α-hetero) is 1. The van der Waals surface area contributed by atoms with Gasteiger partial charge in [-0.2, -0.15) is 0 Å². The van der Waals surface area contributed by atoms with Gasteiger partial charge in [0.1, 0.15) is 40.3 Å². The fourth-order valence-corrected chi connectivity index (χ4v) is 7.40. The quantitative estimate of drug-likeness (QED) is 0.0458. The monoisotopic (exact) mass is 949 g/mol. The second-order valence-corrected chi connectivity index (χ2v) is 16.7. The first-order valence-electron chi connectivity index (χ1n) is 21.4. The standard InChI is InChI=1S/C46H55N13O10/c1-53(2)12-10-11-38(60)26-13-32(54(3)20-26)41(63)48-28-15-34(56(5)22-28)42(64)49-27-14-33(55(4)21-27)40(62)47-19-39(61)45(67)52-30-17-36(58(7)24-30)43(65)50-29-16-35(57(6)23-29)44(66)51-31-18-37(46(68)69-9)59(8)25-31/h13-18,20-25,39,61H,10-12,19H2,1-9H3,(H,47,62)(H,48,63)(H,49,64)(H,50,65)(H,51,66)(H,52,67)/t39-/m1/s1. The summed E-state index contributed by atoms with van der Waals surface area (Å²) in [6, 6.07) is 8.76. The van der Waals surface area contributed by atoms with Crippen LogP contribution in [0.15, 0.2) is 73.6 Å². The van der Waals surface area contributed by atoms with Crippen LogP contribution in [0, 0.1) is 0 Å². The van der Waals surface area contributed by atoms with Crippen molar-refractivity contribution in [2.24, 2.45) is 42.3 Å². The van der Waals surface area contributed by atoms with Gasteiger partial charge in [0.25, 0.3) is 35.4 Å². The molecule has 0 spiro atoms. The molecule has 0 saturated carbocycles. The minimum Gasteiger partial charge on any atom is -0.464 e. The number of nitrogens with one attached hydrogen (secondary N) is 6. The average Bonchev–Trinajstić information content (AvgIpc) is 4.15. The molecule has 0 aliphatic carbocycles. The van der Waals surface area contributed by atoms with E-state index in [1.165, 1.54) is 78.9 Å². The maximum Gasteiger partial charge on any atom is 0.354 e. The summed E-state index contributed by atoms with van der Waals surface area (Å²) in [7, 11) is 14.8. The first kappa shape index (κ1) is 50.0. The van der Waals surface area contributed by atoms with E-state index >= 15 is 0 Å². The number of amides is 6. The van der Waals surface area contributed by atoms with E-state index in [0.717, 1.165) is 6.54 Å². The molecule has 6 aromatic heterocycles. The van der Waals surface area contributed by atoms with E-state index in [4.69, 9.17) is 4.74 Å². The number of carbonyl (C=O) groups excluding carboxylic acids is 8. The van der Waals surface area contributed by atoms with Gasteiger partial charge < -0.3 is 74.0 Å². The number of aromatic nitrogens is 6. The van der Waals surface area contributed by atoms with Gasteiger partial charge in [0.05, 0.1) is 42.1 Å². The van der Waals surface area contributed by atoms with Gasteiger partial charge >= 0.3 is 5.97 Å². The number of anilines is 5. The zero-order valence-corrected chi connectivity index (χ0v) is 39.6. The summed E-state index contributed by atoms with van der Waals surface area (Å²) in [5.41, 5.74) is 3.03. The highest BCUT2D eigenvalue weighted by atomic mass is 16.5. The number of hydrogen-bond acceptors (Lipinski definition) is 11. The largest absolute Gasteiger partial charge is 0.464 e. The molecule has 0 radical (unpaired) electrons. The molecule has 0 saturated heterocycles. The summed E-state index contributed by atoms with van der Waals surface area (Å²) in [5, 5.41) is 26.6. The maximum atomic E-state index is 13.3. The zero-order chi connectivity index (χ0) is 50.4. The van der Waals surface area contributed by atoms with E-state index in [2.05, 4.69) is 31.9 Å². The number of nitrogens with zero attached hydrogens (tertiary/aromatic N) is 7. The van der Waals surface area contributed by atoms with Crippen LogP contribution in [0.2, 0.25) is 0 Å².